The van der Waals surface area contributed by atoms with E-state index < -0.39 is 0 Å². The van der Waals surface area contributed by atoms with Gasteiger partial charge in [-0.05, 0) is 30.5 Å². The van der Waals surface area contributed by atoms with Crippen LogP contribution in [0.2, 0.25) is 0 Å². The molecule has 3 rings (SSSR count). The molecule has 0 aliphatic rings. The Hall–Kier alpha value is -3.27. The molecule has 0 aromatic carbocycles. The average Bonchev–Trinajstić information content (AvgIpc) is 3.33. The first-order valence-corrected chi connectivity index (χ1v) is 11.7. The van der Waals surface area contributed by atoms with Crippen molar-refractivity contribution in [1.82, 2.24) is 19.7 Å². The summed E-state index contributed by atoms with van der Waals surface area (Å²) < 4.78 is 1.65. The van der Waals surface area contributed by atoms with Crippen molar-refractivity contribution in [2.45, 2.75) is 52.9 Å². The Labute approximate surface area is 198 Å². The van der Waals surface area contributed by atoms with Crippen LogP contribution < -0.4 is 16.0 Å². The number of urea groups is 1. The van der Waals surface area contributed by atoms with Crippen LogP contribution in [0.5, 0.6) is 0 Å². The van der Waals surface area contributed by atoms with Crippen molar-refractivity contribution in [1.29, 1.82) is 0 Å². The fraction of sp³-hybridized carbons (Fsp3) is 0.435. The molecule has 0 spiro atoms. The lowest BCUT2D eigenvalue weighted by Gasteiger charge is -2.13. The topological polar surface area (TPSA) is 114 Å². The number of carbonyl (C=O) groups excluding carboxylic acids is 2. The normalized spacial score (nSPS) is 11.5. The minimum Gasteiger partial charge on any atom is -0.310 e. The summed E-state index contributed by atoms with van der Waals surface area (Å²) in [7, 11) is 1.80. The highest BCUT2D eigenvalue weighted by Gasteiger charge is 2.20. The molecule has 33 heavy (non-hydrogen) atoms. The Balaban J connectivity index is 1.54. The minimum absolute atomic E-state index is 0.0585. The van der Waals surface area contributed by atoms with E-state index in [9.17, 15) is 9.59 Å². The number of hydrogen-bond acceptors (Lipinski definition) is 6. The lowest BCUT2D eigenvalue weighted by atomic mass is 9.92. The van der Waals surface area contributed by atoms with Crippen LogP contribution in [0.1, 0.15) is 50.8 Å². The van der Waals surface area contributed by atoms with Gasteiger partial charge in [0.05, 0.1) is 5.69 Å². The average molecular weight is 470 g/mol. The van der Waals surface area contributed by atoms with Crippen molar-refractivity contribution in [2.24, 2.45) is 13.0 Å². The number of anilines is 3. The third-order valence-corrected chi connectivity index (χ3v) is 5.90. The summed E-state index contributed by atoms with van der Waals surface area (Å²) in [6.07, 6.45) is 4.99. The van der Waals surface area contributed by atoms with E-state index in [-0.39, 0.29) is 23.3 Å². The van der Waals surface area contributed by atoms with Crippen LogP contribution >= 0.6 is 11.3 Å². The largest absolute Gasteiger partial charge is 0.326 e. The molecular weight excluding hydrogens is 438 g/mol. The van der Waals surface area contributed by atoms with Gasteiger partial charge in [0.15, 0.2) is 5.13 Å². The van der Waals surface area contributed by atoms with Gasteiger partial charge in [-0.2, -0.15) is 5.10 Å². The van der Waals surface area contributed by atoms with E-state index in [2.05, 4.69) is 51.8 Å². The van der Waals surface area contributed by atoms with Gasteiger partial charge >= 0.3 is 6.03 Å². The van der Waals surface area contributed by atoms with Crippen molar-refractivity contribution in [3.63, 3.8) is 0 Å². The SMILES string of the molecule is CC(C)C(=O)Nc1cc(CCc2cnc(NC(=O)Nc3cc(C(C)(C)C)nn3C)s2)ccn1. The van der Waals surface area contributed by atoms with Crippen molar-refractivity contribution < 1.29 is 9.59 Å². The number of aryl methyl sites for hydroxylation is 3. The first-order chi connectivity index (χ1) is 15.5. The zero-order valence-corrected chi connectivity index (χ0v) is 20.7. The van der Waals surface area contributed by atoms with E-state index >= 15 is 0 Å². The molecule has 0 bridgehead atoms. The maximum absolute atomic E-state index is 12.4. The minimum atomic E-state index is -0.362. The molecule has 0 aliphatic heterocycles. The third-order valence-electron chi connectivity index (χ3n) is 4.92. The molecule has 3 N–H and O–H groups in total. The monoisotopic (exact) mass is 469 g/mol. The number of rotatable bonds is 7. The molecule has 3 aromatic rings. The van der Waals surface area contributed by atoms with E-state index in [1.165, 1.54) is 11.3 Å². The predicted molar refractivity (Wildman–Crippen MR) is 132 cm³/mol. The lowest BCUT2D eigenvalue weighted by molar-refractivity contribution is -0.118. The molecular formula is C23H31N7O2S. The standard InChI is InChI=1S/C23H31N7O2S/c1-14(2)20(31)26-18-11-15(9-10-24-18)7-8-16-13-25-22(33-16)28-21(32)27-19-12-17(23(3,4)5)29-30(19)6/h9-14H,7-8H2,1-6H3,(H,24,26,31)(H2,25,27,28,32). The Kier molecular flexibility index (Phi) is 7.47. The maximum atomic E-state index is 12.4. The Bertz CT molecular complexity index is 1130. The van der Waals surface area contributed by atoms with Gasteiger partial charge in [0.25, 0.3) is 0 Å². The number of pyridine rings is 1. The highest BCUT2D eigenvalue weighted by Crippen LogP contribution is 2.24. The van der Waals surface area contributed by atoms with E-state index in [1.54, 1.807) is 24.1 Å². The van der Waals surface area contributed by atoms with Crippen molar-refractivity contribution in [3.05, 3.63) is 46.7 Å². The van der Waals surface area contributed by atoms with Gasteiger partial charge in [-0.3, -0.25) is 20.1 Å². The summed E-state index contributed by atoms with van der Waals surface area (Å²) in [6, 6.07) is 5.32. The molecule has 0 unspecified atom stereocenters. The molecule has 176 valence electrons. The molecule has 3 aromatic heterocycles. The molecule has 0 saturated carbocycles. The van der Waals surface area contributed by atoms with E-state index in [0.717, 1.165) is 29.0 Å². The van der Waals surface area contributed by atoms with E-state index in [1.807, 2.05) is 32.0 Å². The second-order valence-corrected chi connectivity index (χ2v) is 10.3. The van der Waals surface area contributed by atoms with Gasteiger partial charge in [0, 0.05) is 41.7 Å². The Morgan fingerprint density at radius 2 is 1.85 bits per heavy atom. The van der Waals surface area contributed by atoms with Crippen molar-refractivity contribution in [3.8, 4) is 0 Å². The van der Waals surface area contributed by atoms with Crippen molar-refractivity contribution >= 4 is 40.0 Å². The second kappa shape index (κ2) is 10.1. The predicted octanol–water partition coefficient (Wildman–Crippen LogP) is 4.59. The Morgan fingerprint density at radius 3 is 2.52 bits per heavy atom. The van der Waals surface area contributed by atoms with Gasteiger partial charge in [-0.25, -0.2) is 14.8 Å². The second-order valence-electron chi connectivity index (χ2n) is 9.19. The fourth-order valence-electron chi connectivity index (χ4n) is 2.91. The highest BCUT2D eigenvalue weighted by molar-refractivity contribution is 7.15. The van der Waals surface area contributed by atoms with Crippen LogP contribution in [0.25, 0.3) is 0 Å². The summed E-state index contributed by atoms with van der Waals surface area (Å²) in [4.78, 5) is 33.8. The molecule has 0 atom stereocenters. The first kappa shape index (κ1) is 24.4. The van der Waals surface area contributed by atoms with Crippen molar-refractivity contribution in [2.75, 3.05) is 16.0 Å². The number of amides is 3. The fourth-order valence-corrected chi connectivity index (χ4v) is 3.72. The number of hydrogen-bond donors (Lipinski definition) is 3. The lowest BCUT2D eigenvalue weighted by Crippen LogP contribution is -2.20. The molecule has 0 saturated heterocycles. The molecule has 3 heterocycles. The van der Waals surface area contributed by atoms with Crippen LogP contribution in [-0.2, 0) is 30.1 Å². The summed E-state index contributed by atoms with van der Waals surface area (Å²) in [5, 5.41) is 13.4. The molecule has 0 radical (unpaired) electrons. The zero-order valence-electron chi connectivity index (χ0n) is 19.9. The summed E-state index contributed by atoms with van der Waals surface area (Å²) in [6.45, 7) is 9.91. The summed E-state index contributed by atoms with van der Waals surface area (Å²) in [5.74, 6) is 1.01. The summed E-state index contributed by atoms with van der Waals surface area (Å²) in [5.41, 5.74) is 1.86. The zero-order chi connectivity index (χ0) is 24.2. The van der Waals surface area contributed by atoms with Gasteiger partial charge in [-0.15, -0.1) is 11.3 Å². The highest BCUT2D eigenvalue weighted by atomic mass is 32.1. The molecule has 0 aliphatic carbocycles. The summed E-state index contributed by atoms with van der Waals surface area (Å²) >= 11 is 1.43. The van der Waals surface area contributed by atoms with Gasteiger partial charge in [0.1, 0.15) is 11.6 Å². The van der Waals surface area contributed by atoms with E-state index in [4.69, 9.17) is 0 Å². The van der Waals surface area contributed by atoms with Gasteiger partial charge in [0.2, 0.25) is 5.91 Å². The number of nitrogens with one attached hydrogen (secondary N) is 3. The number of thiazole rings is 1. The first-order valence-electron chi connectivity index (χ1n) is 10.8. The van der Waals surface area contributed by atoms with Crippen LogP contribution in [0.3, 0.4) is 0 Å². The number of carbonyl (C=O) groups is 2. The molecule has 3 amide bonds. The third kappa shape index (κ3) is 6.85. The van der Waals surface area contributed by atoms with Crippen LogP contribution in [0.15, 0.2) is 30.6 Å². The quantitative estimate of drug-likeness (QED) is 0.468. The number of aromatic nitrogens is 4. The Morgan fingerprint density at radius 1 is 1.09 bits per heavy atom. The van der Waals surface area contributed by atoms with Crippen LogP contribution in [0, 0.1) is 5.92 Å². The molecule has 9 nitrogen and oxygen atoms in total. The number of nitrogens with zero attached hydrogens (tertiary/aromatic N) is 4. The molecule has 10 heteroatoms. The van der Waals surface area contributed by atoms with Gasteiger partial charge in [-0.1, -0.05) is 34.6 Å². The smallest absolute Gasteiger partial charge is 0.310 e. The maximum Gasteiger partial charge on any atom is 0.326 e. The van der Waals surface area contributed by atoms with E-state index in [0.29, 0.717) is 16.8 Å². The van der Waals surface area contributed by atoms with Crippen LogP contribution in [0.4, 0.5) is 21.6 Å². The van der Waals surface area contributed by atoms with Gasteiger partial charge < -0.3 is 5.32 Å². The van der Waals surface area contributed by atoms with Crippen LogP contribution in [-0.4, -0.2) is 31.7 Å². The molecule has 0 fully saturated rings.